The Bertz CT molecular complexity index is 774. The lowest BCUT2D eigenvalue weighted by molar-refractivity contribution is 0.00863. The number of para-hydroxylation sites is 2. The van der Waals surface area contributed by atoms with Crippen molar-refractivity contribution < 1.29 is 9.13 Å². The number of nitrogens with zero attached hydrogens (tertiary/aromatic N) is 3. The molecule has 2 atom stereocenters. The number of benzene rings is 1. The van der Waals surface area contributed by atoms with E-state index in [9.17, 15) is 4.39 Å². The van der Waals surface area contributed by atoms with Crippen molar-refractivity contribution in [3.63, 3.8) is 0 Å². The predicted molar refractivity (Wildman–Crippen MR) is 89.1 cm³/mol. The van der Waals surface area contributed by atoms with E-state index in [-0.39, 0.29) is 0 Å². The maximum absolute atomic E-state index is 14.2. The zero-order chi connectivity index (χ0) is 16.4. The van der Waals surface area contributed by atoms with Gasteiger partial charge in [0.25, 0.3) is 0 Å². The molecule has 1 aliphatic rings. The van der Waals surface area contributed by atoms with Gasteiger partial charge in [-0.2, -0.15) is 0 Å². The summed E-state index contributed by atoms with van der Waals surface area (Å²) in [5.41, 5.74) is 2.96. The standard InChI is InChI=1S/C18H19FN4O/c19-14-10-23(9-13-4-3-7-20-8-13)11-17(14)24-12-18-21-15-5-1-2-6-16(15)22-18/h1-8,14,17H,9-12H2,(H,21,22)/t14-,17+/m1/s1. The van der Waals surface area contributed by atoms with Crippen LogP contribution in [0.3, 0.4) is 0 Å². The van der Waals surface area contributed by atoms with E-state index in [2.05, 4.69) is 19.9 Å². The summed E-state index contributed by atoms with van der Waals surface area (Å²) in [4.78, 5) is 13.8. The number of nitrogens with one attached hydrogen (secondary N) is 1. The van der Waals surface area contributed by atoms with Gasteiger partial charge in [-0.15, -0.1) is 0 Å². The zero-order valence-electron chi connectivity index (χ0n) is 13.2. The first kappa shape index (κ1) is 15.2. The maximum atomic E-state index is 14.2. The van der Waals surface area contributed by atoms with Gasteiger partial charge in [0.05, 0.1) is 11.0 Å². The van der Waals surface area contributed by atoms with E-state index in [1.54, 1.807) is 6.20 Å². The number of hydrogen-bond acceptors (Lipinski definition) is 4. The molecule has 1 aromatic carbocycles. The van der Waals surface area contributed by atoms with Crippen LogP contribution in [0, 0.1) is 0 Å². The summed E-state index contributed by atoms with van der Waals surface area (Å²) in [6.45, 7) is 1.95. The monoisotopic (exact) mass is 326 g/mol. The van der Waals surface area contributed by atoms with Gasteiger partial charge < -0.3 is 9.72 Å². The molecule has 4 rings (SSSR count). The Morgan fingerprint density at radius 1 is 1.21 bits per heavy atom. The molecule has 3 heterocycles. The molecule has 1 fully saturated rings. The number of alkyl halides is 1. The second-order valence-electron chi connectivity index (χ2n) is 6.12. The number of aromatic amines is 1. The molecule has 124 valence electrons. The maximum Gasteiger partial charge on any atom is 0.140 e. The topological polar surface area (TPSA) is 54.0 Å². The van der Waals surface area contributed by atoms with E-state index in [0.29, 0.717) is 26.2 Å². The Morgan fingerprint density at radius 3 is 2.96 bits per heavy atom. The summed E-state index contributed by atoms with van der Waals surface area (Å²) < 4.78 is 20.0. The van der Waals surface area contributed by atoms with Crippen molar-refractivity contribution in [3.05, 3.63) is 60.2 Å². The third-order valence-corrected chi connectivity index (χ3v) is 4.28. The van der Waals surface area contributed by atoms with E-state index in [1.165, 1.54) is 0 Å². The molecule has 0 bridgehead atoms. The highest BCUT2D eigenvalue weighted by atomic mass is 19.1. The van der Waals surface area contributed by atoms with Crippen molar-refractivity contribution in [2.24, 2.45) is 0 Å². The molecule has 0 amide bonds. The van der Waals surface area contributed by atoms with Crippen LogP contribution in [0.4, 0.5) is 4.39 Å². The third kappa shape index (κ3) is 3.29. The zero-order valence-corrected chi connectivity index (χ0v) is 13.2. The molecule has 0 unspecified atom stereocenters. The smallest absolute Gasteiger partial charge is 0.140 e. The number of ether oxygens (including phenoxy) is 1. The number of pyridine rings is 1. The van der Waals surface area contributed by atoms with E-state index < -0.39 is 12.3 Å². The molecule has 3 aromatic rings. The minimum atomic E-state index is -0.981. The molecule has 24 heavy (non-hydrogen) atoms. The summed E-state index contributed by atoms with van der Waals surface area (Å²) >= 11 is 0. The van der Waals surface area contributed by atoms with Crippen molar-refractivity contribution >= 4 is 11.0 Å². The molecule has 1 saturated heterocycles. The van der Waals surface area contributed by atoms with Crippen LogP contribution in [-0.2, 0) is 17.9 Å². The van der Waals surface area contributed by atoms with Gasteiger partial charge in [-0.05, 0) is 23.8 Å². The van der Waals surface area contributed by atoms with Crippen molar-refractivity contribution in [1.29, 1.82) is 0 Å². The van der Waals surface area contributed by atoms with Crippen LogP contribution in [0.1, 0.15) is 11.4 Å². The minimum Gasteiger partial charge on any atom is -0.366 e. The highest BCUT2D eigenvalue weighted by molar-refractivity contribution is 5.74. The number of imidazole rings is 1. The molecule has 1 N–H and O–H groups in total. The molecule has 6 heteroatoms. The van der Waals surface area contributed by atoms with Crippen molar-refractivity contribution in [1.82, 2.24) is 19.9 Å². The van der Waals surface area contributed by atoms with Gasteiger partial charge >= 0.3 is 0 Å². The van der Waals surface area contributed by atoms with Crippen LogP contribution in [0.2, 0.25) is 0 Å². The number of aromatic nitrogens is 3. The van der Waals surface area contributed by atoms with E-state index >= 15 is 0 Å². The van der Waals surface area contributed by atoms with Gasteiger partial charge in [-0.25, -0.2) is 9.37 Å². The number of H-pyrrole nitrogens is 1. The number of likely N-dealkylation sites (tertiary alicyclic amines) is 1. The van der Waals surface area contributed by atoms with Crippen molar-refractivity contribution in [2.75, 3.05) is 13.1 Å². The highest BCUT2D eigenvalue weighted by Crippen LogP contribution is 2.20. The number of rotatable bonds is 5. The molecule has 0 aliphatic carbocycles. The summed E-state index contributed by atoms with van der Waals surface area (Å²) in [6.07, 6.45) is 2.15. The van der Waals surface area contributed by atoms with Crippen molar-refractivity contribution in [2.45, 2.75) is 25.4 Å². The van der Waals surface area contributed by atoms with Gasteiger partial charge in [0.1, 0.15) is 24.7 Å². The lowest BCUT2D eigenvalue weighted by Gasteiger charge is -2.15. The Morgan fingerprint density at radius 2 is 2.12 bits per heavy atom. The van der Waals surface area contributed by atoms with E-state index in [1.807, 2.05) is 42.6 Å². The third-order valence-electron chi connectivity index (χ3n) is 4.28. The minimum absolute atomic E-state index is 0.292. The fourth-order valence-corrected chi connectivity index (χ4v) is 3.10. The van der Waals surface area contributed by atoms with Crippen molar-refractivity contribution in [3.8, 4) is 0 Å². The fraction of sp³-hybridized carbons (Fsp3) is 0.333. The SMILES string of the molecule is F[C@@H]1CN(Cc2cccnc2)C[C@@H]1OCc1nc2ccccc2[nH]1. The van der Waals surface area contributed by atoms with Gasteiger partial charge in [-0.3, -0.25) is 9.88 Å². The molecule has 0 saturated carbocycles. The predicted octanol–water partition coefficient (Wildman–Crippen LogP) is 2.70. The Hall–Kier alpha value is -2.31. The average Bonchev–Trinajstić information content (AvgIpc) is 3.16. The number of hydrogen-bond donors (Lipinski definition) is 1. The normalized spacial score (nSPS) is 21.5. The molecule has 0 spiro atoms. The van der Waals surface area contributed by atoms with Gasteiger partial charge in [0, 0.05) is 32.0 Å². The van der Waals surface area contributed by atoms with Crippen LogP contribution in [-0.4, -0.2) is 45.2 Å². The number of fused-ring (bicyclic) bond motifs is 1. The Balaban J connectivity index is 1.35. The largest absolute Gasteiger partial charge is 0.366 e. The molecule has 5 nitrogen and oxygen atoms in total. The summed E-state index contributed by atoms with van der Waals surface area (Å²) in [6, 6.07) is 11.7. The van der Waals surface area contributed by atoms with Crippen LogP contribution >= 0.6 is 0 Å². The first-order chi connectivity index (χ1) is 11.8. The summed E-state index contributed by atoms with van der Waals surface area (Å²) in [5, 5.41) is 0. The molecular weight excluding hydrogens is 307 g/mol. The Kier molecular flexibility index (Phi) is 4.23. The lowest BCUT2D eigenvalue weighted by atomic mass is 10.3. The molecule has 1 aliphatic heterocycles. The van der Waals surface area contributed by atoms with E-state index in [0.717, 1.165) is 22.4 Å². The summed E-state index contributed by atoms with van der Waals surface area (Å²) in [5.74, 6) is 0.731. The van der Waals surface area contributed by atoms with Crippen LogP contribution < -0.4 is 0 Å². The molecule has 0 radical (unpaired) electrons. The quantitative estimate of drug-likeness (QED) is 0.783. The van der Waals surface area contributed by atoms with Crippen LogP contribution in [0.25, 0.3) is 11.0 Å². The fourth-order valence-electron chi connectivity index (χ4n) is 3.10. The second-order valence-corrected chi connectivity index (χ2v) is 6.12. The summed E-state index contributed by atoms with van der Waals surface area (Å²) in [7, 11) is 0. The highest BCUT2D eigenvalue weighted by Gasteiger charge is 2.33. The van der Waals surface area contributed by atoms with Gasteiger partial charge in [-0.1, -0.05) is 18.2 Å². The molecular formula is C18H19FN4O. The Labute approximate surface area is 139 Å². The number of halogens is 1. The lowest BCUT2D eigenvalue weighted by Crippen LogP contribution is -2.24. The average molecular weight is 326 g/mol. The van der Waals surface area contributed by atoms with E-state index in [4.69, 9.17) is 4.74 Å². The molecule has 2 aromatic heterocycles. The van der Waals surface area contributed by atoms with Gasteiger partial charge in [0.2, 0.25) is 0 Å². The van der Waals surface area contributed by atoms with Crippen LogP contribution in [0.15, 0.2) is 48.8 Å². The first-order valence-electron chi connectivity index (χ1n) is 8.08. The second kappa shape index (κ2) is 6.67. The first-order valence-corrected chi connectivity index (χ1v) is 8.08. The van der Waals surface area contributed by atoms with Crippen LogP contribution in [0.5, 0.6) is 0 Å². The van der Waals surface area contributed by atoms with Gasteiger partial charge in [0.15, 0.2) is 0 Å².